The monoisotopic (exact) mass is 183 g/mol. The highest BCUT2D eigenvalue weighted by molar-refractivity contribution is 7.99. The fourth-order valence-electron chi connectivity index (χ4n) is 0.336. The van der Waals surface area contributed by atoms with Crippen molar-refractivity contribution in [1.82, 2.24) is 0 Å². The highest BCUT2D eigenvalue weighted by Crippen LogP contribution is 2.01. The molecule has 0 fully saturated rings. The predicted octanol–water partition coefficient (Wildman–Crippen LogP) is 0.370. The lowest BCUT2D eigenvalue weighted by atomic mass is 10.4. The molecule has 0 rings (SSSR count). The van der Waals surface area contributed by atoms with Crippen LogP contribution in [0.3, 0.4) is 0 Å². The third-order valence-electron chi connectivity index (χ3n) is 0.836. The number of halogens is 1. The van der Waals surface area contributed by atoms with Crippen LogP contribution < -0.4 is 5.73 Å². The van der Waals surface area contributed by atoms with Gasteiger partial charge in [-0.3, -0.25) is 4.79 Å². The van der Waals surface area contributed by atoms with Crippen LogP contribution in [0.4, 0.5) is 0 Å². The number of hydrogen-bond donors (Lipinski definition) is 2. The molecule has 0 aliphatic rings. The Kier molecular flexibility index (Phi) is 5.87. The fraction of sp³-hybridized carbons (Fsp3) is 0.800. The number of nitrogens with two attached hydrogens (primary N) is 1. The molecule has 0 amide bonds. The van der Waals surface area contributed by atoms with Crippen LogP contribution in [-0.4, -0.2) is 34.5 Å². The van der Waals surface area contributed by atoms with E-state index in [0.29, 0.717) is 11.6 Å². The molecule has 60 valence electrons. The van der Waals surface area contributed by atoms with Crippen LogP contribution in [0.1, 0.15) is 0 Å². The summed E-state index contributed by atoms with van der Waals surface area (Å²) in [7, 11) is 0. The maximum atomic E-state index is 10.1. The Hall–Kier alpha value is 0.0700. The Morgan fingerprint density at radius 2 is 2.40 bits per heavy atom. The minimum absolute atomic E-state index is 0.433. The summed E-state index contributed by atoms with van der Waals surface area (Å²) in [5, 5.41) is 8.31. The predicted molar refractivity (Wildman–Crippen MR) is 43.7 cm³/mol. The molecule has 0 saturated heterocycles. The van der Waals surface area contributed by atoms with Crippen molar-refractivity contribution in [3.63, 3.8) is 0 Å². The molecule has 0 aliphatic carbocycles. The van der Waals surface area contributed by atoms with E-state index >= 15 is 0 Å². The highest BCUT2D eigenvalue weighted by Gasteiger charge is 2.09. The number of carboxylic acids is 1. The van der Waals surface area contributed by atoms with Gasteiger partial charge >= 0.3 is 5.97 Å². The summed E-state index contributed by atoms with van der Waals surface area (Å²) in [5.74, 6) is 0.767. The van der Waals surface area contributed by atoms with Gasteiger partial charge < -0.3 is 10.8 Å². The molecule has 0 saturated carbocycles. The SMILES string of the molecule is N[C@@H](CSCCCl)C(=O)O. The van der Waals surface area contributed by atoms with E-state index in [4.69, 9.17) is 22.4 Å². The largest absolute Gasteiger partial charge is 0.480 e. The maximum Gasteiger partial charge on any atom is 0.321 e. The van der Waals surface area contributed by atoms with Crippen molar-refractivity contribution in [1.29, 1.82) is 0 Å². The van der Waals surface area contributed by atoms with Crippen LogP contribution in [0.2, 0.25) is 0 Å². The molecule has 1 atom stereocenters. The zero-order valence-electron chi connectivity index (χ0n) is 5.42. The topological polar surface area (TPSA) is 63.3 Å². The Bertz CT molecular complexity index is 112. The van der Waals surface area contributed by atoms with E-state index in [9.17, 15) is 4.79 Å². The lowest BCUT2D eigenvalue weighted by molar-refractivity contribution is -0.137. The van der Waals surface area contributed by atoms with Gasteiger partial charge in [0.1, 0.15) is 6.04 Å². The lowest BCUT2D eigenvalue weighted by Gasteiger charge is -2.03. The number of thioether (sulfide) groups is 1. The Balaban J connectivity index is 3.21. The maximum absolute atomic E-state index is 10.1. The fourth-order valence-corrected chi connectivity index (χ4v) is 1.34. The average molecular weight is 184 g/mol. The van der Waals surface area contributed by atoms with Crippen molar-refractivity contribution < 1.29 is 9.90 Å². The Labute approximate surface area is 68.9 Å². The molecule has 0 heterocycles. The second-order valence-corrected chi connectivity index (χ2v) is 3.24. The van der Waals surface area contributed by atoms with E-state index in [2.05, 4.69) is 0 Å². The van der Waals surface area contributed by atoms with Crippen LogP contribution >= 0.6 is 23.4 Å². The van der Waals surface area contributed by atoms with Crippen LogP contribution in [0, 0.1) is 0 Å². The standard InChI is InChI=1S/C5H10ClNO2S/c6-1-2-10-3-4(7)5(8)9/h4H,1-3,7H2,(H,8,9)/t4-/m0/s1. The van der Waals surface area contributed by atoms with Crippen LogP contribution in [-0.2, 0) is 4.79 Å². The minimum Gasteiger partial charge on any atom is -0.480 e. The van der Waals surface area contributed by atoms with E-state index in [0.717, 1.165) is 5.75 Å². The number of aliphatic carboxylic acids is 1. The minimum atomic E-state index is -0.956. The van der Waals surface area contributed by atoms with Gasteiger partial charge in [0, 0.05) is 17.4 Å². The second kappa shape index (κ2) is 5.82. The van der Waals surface area contributed by atoms with Crippen LogP contribution in [0.25, 0.3) is 0 Å². The van der Waals surface area contributed by atoms with Gasteiger partial charge in [-0.1, -0.05) is 0 Å². The third-order valence-corrected chi connectivity index (χ3v) is 2.34. The van der Waals surface area contributed by atoms with Gasteiger partial charge in [0.25, 0.3) is 0 Å². The first-order chi connectivity index (χ1) is 4.68. The third kappa shape index (κ3) is 4.90. The first-order valence-corrected chi connectivity index (χ1v) is 4.49. The summed E-state index contributed by atoms with van der Waals surface area (Å²) in [6.07, 6.45) is 0. The average Bonchev–Trinajstić information content (AvgIpc) is 1.88. The van der Waals surface area contributed by atoms with Crippen molar-refractivity contribution in [3.05, 3.63) is 0 Å². The lowest BCUT2D eigenvalue weighted by Crippen LogP contribution is -2.32. The zero-order valence-corrected chi connectivity index (χ0v) is 6.99. The summed E-state index contributed by atoms with van der Waals surface area (Å²) < 4.78 is 0. The van der Waals surface area contributed by atoms with Crippen molar-refractivity contribution in [2.24, 2.45) is 5.73 Å². The van der Waals surface area contributed by atoms with Gasteiger partial charge in [0.2, 0.25) is 0 Å². The van der Waals surface area contributed by atoms with Crippen molar-refractivity contribution in [3.8, 4) is 0 Å². The van der Waals surface area contributed by atoms with Crippen molar-refractivity contribution in [2.75, 3.05) is 17.4 Å². The first-order valence-electron chi connectivity index (χ1n) is 2.80. The highest BCUT2D eigenvalue weighted by atomic mass is 35.5. The summed E-state index contributed by atoms with van der Waals surface area (Å²) in [4.78, 5) is 10.1. The van der Waals surface area contributed by atoms with Gasteiger partial charge in [0.15, 0.2) is 0 Å². The van der Waals surface area contributed by atoms with Crippen LogP contribution in [0.5, 0.6) is 0 Å². The Morgan fingerprint density at radius 3 is 2.80 bits per heavy atom. The number of carbonyl (C=O) groups is 1. The number of rotatable bonds is 5. The normalized spacial score (nSPS) is 13.0. The molecular weight excluding hydrogens is 174 g/mol. The van der Waals surface area contributed by atoms with Gasteiger partial charge in [-0.05, 0) is 0 Å². The zero-order chi connectivity index (χ0) is 7.98. The van der Waals surface area contributed by atoms with Crippen LogP contribution in [0.15, 0.2) is 0 Å². The molecule has 3 nitrogen and oxygen atoms in total. The molecule has 0 bridgehead atoms. The molecule has 0 unspecified atom stereocenters. The van der Waals surface area contributed by atoms with E-state index in [1.165, 1.54) is 11.8 Å². The molecular formula is C5H10ClNO2S. The number of carboxylic acid groups (broad SMARTS) is 1. The molecule has 0 radical (unpaired) electrons. The van der Waals surface area contributed by atoms with Gasteiger partial charge in [-0.25, -0.2) is 0 Å². The summed E-state index contributed by atoms with van der Waals surface area (Å²) in [6.45, 7) is 0. The van der Waals surface area contributed by atoms with Gasteiger partial charge in [0.05, 0.1) is 0 Å². The number of alkyl halides is 1. The van der Waals surface area contributed by atoms with E-state index in [1.54, 1.807) is 0 Å². The van der Waals surface area contributed by atoms with Gasteiger partial charge in [-0.2, -0.15) is 11.8 Å². The Morgan fingerprint density at radius 1 is 1.80 bits per heavy atom. The summed E-state index contributed by atoms with van der Waals surface area (Å²) in [5.41, 5.74) is 5.19. The molecule has 0 aromatic rings. The summed E-state index contributed by atoms with van der Waals surface area (Å²) >= 11 is 6.81. The number of hydrogen-bond acceptors (Lipinski definition) is 3. The molecule has 3 N–H and O–H groups in total. The first kappa shape index (κ1) is 10.1. The van der Waals surface area contributed by atoms with Crippen molar-refractivity contribution in [2.45, 2.75) is 6.04 Å². The smallest absolute Gasteiger partial charge is 0.321 e. The molecule has 10 heavy (non-hydrogen) atoms. The summed E-state index contributed by atoms with van der Waals surface area (Å²) in [6, 6.07) is -0.756. The molecule has 0 aliphatic heterocycles. The van der Waals surface area contributed by atoms with E-state index < -0.39 is 12.0 Å². The van der Waals surface area contributed by atoms with E-state index in [1.807, 2.05) is 0 Å². The van der Waals surface area contributed by atoms with E-state index in [-0.39, 0.29) is 0 Å². The molecule has 0 aromatic heterocycles. The van der Waals surface area contributed by atoms with Gasteiger partial charge in [-0.15, -0.1) is 11.6 Å². The second-order valence-electron chi connectivity index (χ2n) is 1.71. The quantitative estimate of drug-likeness (QED) is 0.478. The molecule has 5 heteroatoms. The molecule has 0 spiro atoms. The van der Waals surface area contributed by atoms with Crippen molar-refractivity contribution >= 4 is 29.3 Å². The molecule has 0 aromatic carbocycles.